The fourth-order valence-corrected chi connectivity index (χ4v) is 5.65. The third-order valence-corrected chi connectivity index (χ3v) is 8.66. The standard InChI is InChI=1S/C38H51N5O6/c1-27-14-17-32(35(25-27)48-24-10-6-7-13-36(44)43-22-20-41(3)21-23-43)42(4)38(46)29-15-16-31(34(26-29)47-5)40-37(45)30-11-8-9-12-33(30)49-28(2)18-19-39/h8-9,11-12,14-17,25-26,28H,6-7,10,13,18-24,39H2,1-5H3,(H,40,45). The number of likely N-dealkylation sites (N-methyl/N-ethyl adjacent to an activating group) is 1. The molecule has 0 aliphatic carbocycles. The van der Waals surface area contributed by atoms with Crippen LogP contribution >= 0.6 is 0 Å². The second kappa shape index (κ2) is 18.2. The number of hydrogen-bond acceptors (Lipinski definition) is 8. The lowest BCUT2D eigenvalue weighted by Crippen LogP contribution is -2.47. The van der Waals surface area contributed by atoms with E-state index in [1.807, 2.05) is 43.0 Å². The van der Waals surface area contributed by atoms with Gasteiger partial charge in [0.2, 0.25) is 5.91 Å². The summed E-state index contributed by atoms with van der Waals surface area (Å²) in [5.41, 5.74) is 8.48. The van der Waals surface area contributed by atoms with Gasteiger partial charge in [-0.25, -0.2) is 0 Å². The van der Waals surface area contributed by atoms with E-state index < -0.39 is 0 Å². The van der Waals surface area contributed by atoms with Crippen LogP contribution in [0.3, 0.4) is 0 Å². The van der Waals surface area contributed by atoms with Crippen molar-refractivity contribution in [3.05, 3.63) is 77.4 Å². The molecule has 1 fully saturated rings. The van der Waals surface area contributed by atoms with Crippen molar-refractivity contribution in [2.45, 2.75) is 52.1 Å². The molecule has 11 heteroatoms. The van der Waals surface area contributed by atoms with Gasteiger partial charge >= 0.3 is 0 Å². The van der Waals surface area contributed by atoms with E-state index in [0.717, 1.165) is 51.0 Å². The van der Waals surface area contributed by atoms with Gasteiger partial charge in [-0.2, -0.15) is 0 Å². The zero-order valence-corrected chi connectivity index (χ0v) is 29.5. The van der Waals surface area contributed by atoms with E-state index in [4.69, 9.17) is 19.9 Å². The number of benzene rings is 3. The number of nitrogens with two attached hydrogens (primary N) is 1. The fraction of sp³-hybridized carbons (Fsp3) is 0.447. The van der Waals surface area contributed by atoms with Gasteiger partial charge in [-0.3, -0.25) is 14.4 Å². The molecule has 0 spiro atoms. The first-order chi connectivity index (χ1) is 23.6. The number of piperazine rings is 1. The molecule has 3 aromatic rings. The molecule has 49 heavy (non-hydrogen) atoms. The van der Waals surface area contributed by atoms with Crippen molar-refractivity contribution in [2.75, 3.05) is 70.8 Å². The Morgan fingerprint density at radius 2 is 1.69 bits per heavy atom. The van der Waals surface area contributed by atoms with E-state index >= 15 is 0 Å². The van der Waals surface area contributed by atoms with Crippen LogP contribution in [-0.4, -0.2) is 94.2 Å². The highest BCUT2D eigenvalue weighted by Crippen LogP contribution is 2.32. The second-order valence-corrected chi connectivity index (χ2v) is 12.5. The number of para-hydroxylation sites is 1. The number of aryl methyl sites for hydroxylation is 1. The highest BCUT2D eigenvalue weighted by molar-refractivity contribution is 6.09. The number of nitrogens with one attached hydrogen (secondary N) is 1. The maximum atomic E-state index is 13.7. The first-order valence-electron chi connectivity index (χ1n) is 17.0. The highest BCUT2D eigenvalue weighted by atomic mass is 16.5. The highest BCUT2D eigenvalue weighted by Gasteiger charge is 2.22. The molecular formula is C38H51N5O6. The van der Waals surface area contributed by atoms with Crippen LogP contribution in [-0.2, 0) is 4.79 Å². The van der Waals surface area contributed by atoms with Crippen LogP contribution in [0.2, 0.25) is 0 Å². The molecule has 1 saturated heterocycles. The maximum absolute atomic E-state index is 13.7. The summed E-state index contributed by atoms with van der Waals surface area (Å²) in [5.74, 6) is 1.01. The van der Waals surface area contributed by atoms with E-state index in [9.17, 15) is 14.4 Å². The Hall–Kier alpha value is -4.61. The van der Waals surface area contributed by atoms with Crippen LogP contribution in [0.5, 0.6) is 17.2 Å². The molecular weight excluding hydrogens is 622 g/mol. The first-order valence-corrected chi connectivity index (χ1v) is 17.0. The molecule has 0 saturated carbocycles. The van der Waals surface area contributed by atoms with Gasteiger partial charge in [-0.15, -0.1) is 0 Å². The zero-order valence-electron chi connectivity index (χ0n) is 29.5. The molecule has 0 bridgehead atoms. The van der Waals surface area contributed by atoms with E-state index in [1.165, 1.54) is 7.11 Å². The molecule has 4 rings (SSSR count). The van der Waals surface area contributed by atoms with E-state index in [2.05, 4.69) is 17.3 Å². The van der Waals surface area contributed by atoms with Crippen LogP contribution in [0, 0.1) is 6.92 Å². The summed E-state index contributed by atoms with van der Waals surface area (Å²) in [6.07, 6.45) is 3.56. The number of amides is 3. The largest absolute Gasteiger partial charge is 0.495 e. The number of nitrogens with zero attached hydrogens (tertiary/aromatic N) is 3. The Morgan fingerprint density at radius 3 is 2.43 bits per heavy atom. The summed E-state index contributed by atoms with van der Waals surface area (Å²) in [5, 5.41) is 2.89. The molecule has 1 atom stereocenters. The summed E-state index contributed by atoms with van der Waals surface area (Å²) < 4.78 is 17.7. The van der Waals surface area contributed by atoms with Crippen LogP contribution in [0.15, 0.2) is 60.7 Å². The predicted molar refractivity (Wildman–Crippen MR) is 193 cm³/mol. The van der Waals surface area contributed by atoms with Gasteiger partial charge in [0.1, 0.15) is 17.2 Å². The normalized spacial score (nSPS) is 13.8. The summed E-state index contributed by atoms with van der Waals surface area (Å²) in [6, 6.07) is 17.7. The lowest BCUT2D eigenvalue weighted by molar-refractivity contribution is -0.132. The number of carbonyl (C=O) groups is 3. The van der Waals surface area contributed by atoms with Crippen molar-refractivity contribution in [3.63, 3.8) is 0 Å². The SMILES string of the molecule is COc1cc(C(=O)N(C)c2ccc(C)cc2OCCCCCC(=O)N2CCN(C)CC2)ccc1NC(=O)c1ccccc1OC(C)CCN. The minimum atomic E-state index is -0.367. The Bertz CT molecular complexity index is 1570. The van der Waals surface area contributed by atoms with E-state index in [-0.39, 0.29) is 23.8 Å². The van der Waals surface area contributed by atoms with Crippen molar-refractivity contribution in [3.8, 4) is 17.2 Å². The van der Waals surface area contributed by atoms with Crippen molar-refractivity contribution >= 4 is 29.1 Å². The number of hydrogen-bond donors (Lipinski definition) is 2. The molecule has 1 unspecified atom stereocenters. The van der Waals surface area contributed by atoms with Crippen LogP contribution in [0.1, 0.15) is 65.3 Å². The van der Waals surface area contributed by atoms with Crippen LogP contribution in [0.4, 0.5) is 11.4 Å². The molecule has 3 aromatic carbocycles. The molecule has 11 nitrogen and oxygen atoms in total. The van der Waals surface area contributed by atoms with Gasteiger partial charge in [0.05, 0.1) is 36.8 Å². The lowest BCUT2D eigenvalue weighted by Gasteiger charge is -2.32. The molecule has 264 valence electrons. The van der Waals surface area contributed by atoms with E-state index in [1.54, 1.807) is 48.3 Å². The van der Waals surface area contributed by atoms with E-state index in [0.29, 0.717) is 65.7 Å². The number of ether oxygens (including phenoxy) is 3. The fourth-order valence-electron chi connectivity index (χ4n) is 5.65. The number of carbonyl (C=O) groups excluding carboxylic acids is 3. The Balaban J connectivity index is 1.36. The average molecular weight is 674 g/mol. The number of methoxy groups -OCH3 is 1. The third kappa shape index (κ3) is 10.4. The minimum absolute atomic E-state index is 0.149. The molecule has 1 aliphatic rings. The lowest BCUT2D eigenvalue weighted by atomic mass is 10.1. The quantitative estimate of drug-likeness (QED) is 0.195. The molecule has 3 N–H and O–H groups in total. The van der Waals surface area contributed by atoms with Gasteiger partial charge in [-0.1, -0.05) is 18.2 Å². The maximum Gasteiger partial charge on any atom is 0.259 e. The molecule has 0 aromatic heterocycles. The second-order valence-electron chi connectivity index (χ2n) is 12.5. The zero-order chi connectivity index (χ0) is 35.3. The van der Waals surface area contributed by atoms with Crippen LogP contribution in [0.25, 0.3) is 0 Å². The molecule has 3 amide bonds. The minimum Gasteiger partial charge on any atom is -0.495 e. The average Bonchev–Trinajstić information content (AvgIpc) is 3.09. The number of rotatable bonds is 16. The first kappa shape index (κ1) is 37.2. The van der Waals surface area contributed by atoms with Crippen LogP contribution < -0.4 is 30.2 Å². The van der Waals surface area contributed by atoms with Crippen molar-refractivity contribution < 1.29 is 28.6 Å². The third-order valence-electron chi connectivity index (χ3n) is 8.66. The molecule has 1 aliphatic heterocycles. The Kier molecular flexibility index (Phi) is 13.8. The predicted octanol–water partition coefficient (Wildman–Crippen LogP) is 5.36. The number of anilines is 2. The van der Waals surface area contributed by atoms with Gasteiger partial charge in [0.25, 0.3) is 11.8 Å². The van der Waals surface area contributed by atoms with Gasteiger partial charge in [-0.05, 0) is 101 Å². The number of unbranched alkanes of at least 4 members (excludes halogenated alkanes) is 2. The smallest absolute Gasteiger partial charge is 0.259 e. The van der Waals surface area contributed by atoms with Gasteiger partial charge in [0, 0.05) is 45.2 Å². The summed E-state index contributed by atoms with van der Waals surface area (Å²) in [6.45, 7) is 8.29. The summed E-state index contributed by atoms with van der Waals surface area (Å²) >= 11 is 0. The van der Waals surface area contributed by atoms with Gasteiger partial charge < -0.3 is 40.0 Å². The monoisotopic (exact) mass is 673 g/mol. The molecule has 0 radical (unpaired) electrons. The Labute approximate surface area is 290 Å². The van der Waals surface area contributed by atoms with Crippen molar-refractivity contribution in [1.29, 1.82) is 0 Å². The molecule has 1 heterocycles. The Morgan fingerprint density at radius 1 is 0.939 bits per heavy atom. The van der Waals surface area contributed by atoms with Gasteiger partial charge in [0.15, 0.2) is 0 Å². The van der Waals surface area contributed by atoms with Crippen molar-refractivity contribution in [2.24, 2.45) is 5.73 Å². The summed E-state index contributed by atoms with van der Waals surface area (Å²) in [7, 11) is 5.27. The topological polar surface area (TPSA) is 127 Å². The summed E-state index contributed by atoms with van der Waals surface area (Å²) in [4.78, 5) is 45.3. The van der Waals surface area contributed by atoms with Crippen molar-refractivity contribution in [1.82, 2.24) is 9.80 Å².